The fourth-order valence-electron chi connectivity index (χ4n) is 0.812. The number of nitriles is 1. The number of anilines is 1. The molecular weight excluding hydrogens is 170 g/mol. The van der Waals surface area contributed by atoms with Crippen molar-refractivity contribution in [3.8, 4) is 6.07 Å². The number of nitrogens with zero attached hydrogens (tertiary/aromatic N) is 2. The maximum absolute atomic E-state index is 8.60. The minimum absolute atomic E-state index is 0.490. The van der Waals surface area contributed by atoms with Crippen molar-refractivity contribution in [1.29, 1.82) is 5.26 Å². The molecule has 0 unspecified atom stereocenters. The van der Waals surface area contributed by atoms with Crippen molar-refractivity contribution in [2.24, 2.45) is 0 Å². The van der Waals surface area contributed by atoms with E-state index >= 15 is 0 Å². The monoisotopic (exact) mass is 179 g/mol. The standard InChI is InChI=1S/C8H9N3S/c1-11(2)7-4-3-6(5-9)8(12)10-7/h3-4H,1-2H3,(H,10,12). The number of nitrogens with one attached hydrogen (secondary N) is 1. The van der Waals surface area contributed by atoms with Crippen LogP contribution in [-0.4, -0.2) is 19.1 Å². The second-order valence-electron chi connectivity index (χ2n) is 2.59. The highest BCUT2D eigenvalue weighted by Gasteiger charge is 1.97. The minimum atomic E-state index is 0.490. The Kier molecular flexibility index (Phi) is 2.46. The SMILES string of the molecule is CN(C)c1ccc(C#N)c(=S)[nH]1. The molecule has 0 saturated carbocycles. The van der Waals surface area contributed by atoms with Gasteiger partial charge in [0.15, 0.2) is 0 Å². The number of rotatable bonds is 1. The second kappa shape index (κ2) is 3.37. The summed E-state index contributed by atoms with van der Waals surface area (Å²) in [4.78, 5) is 4.84. The Bertz CT molecular complexity index is 373. The van der Waals surface area contributed by atoms with Gasteiger partial charge in [0, 0.05) is 14.1 Å². The first kappa shape index (κ1) is 8.75. The van der Waals surface area contributed by atoms with Crippen molar-refractivity contribution in [2.75, 3.05) is 19.0 Å². The molecule has 0 aromatic carbocycles. The quantitative estimate of drug-likeness (QED) is 0.667. The number of hydrogen-bond donors (Lipinski definition) is 1. The molecule has 0 amide bonds. The first-order chi connectivity index (χ1) is 5.65. The molecule has 4 heteroatoms. The molecule has 0 atom stereocenters. The van der Waals surface area contributed by atoms with Gasteiger partial charge in [-0.05, 0) is 12.1 Å². The molecule has 3 nitrogen and oxygen atoms in total. The van der Waals surface area contributed by atoms with Crippen LogP contribution in [0.15, 0.2) is 12.1 Å². The first-order valence-corrected chi connectivity index (χ1v) is 3.86. The van der Waals surface area contributed by atoms with Gasteiger partial charge in [0.05, 0.1) is 5.56 Å². The van der Waals surface area contributed by atoms with Crippen LogP contribution in [0.5, 0.6) is 0 Å². The van der Waals surface area contributed by atoms with Gasteiger partial charge in [-0.1, -0.05) is 12.2 Å². The van der Waals surface area contributed by atoms with E-state index in [9.17, 15) is 0 Å². The zero-order valence-corrected chi connectivity index (χ0v) is 7.77. The Hall–Kier alpha value is -1.34. The zero-order valence-electron chi connectivity index (χ0n) is 6.96. The summed E-state index contributed by atoms with van der Waals surface area (Å²) in [7, 11) is 3.82. The van der Waals surface area contributed by atoms with E-state index in [1.807, 2.05) is 31.1 Å². The van der Waals surface area contributed by atoms with Crippen molar-refractivity contribution >= 4 is 18.0 Å². The van der Waals surface area contributed by atoms with Crippen LogP contribution in [-0.2, 0) is 0 Å². The van der Waals surface area contributed by atoms with E-state index in [1.54, 1.807) is 6.07 Å². The highest BCUT2D eigenvalue weighted by atomic mass is 32.1. The van der Waals surface area contributed by atoms with Crippen molar-refractivity contribution in [2.45, 2.75) is 0 Å². The van der Waals surface area contributed by atoms with E-state index < -0.39 is 0 Å². The molecule has 0 aliphatic carbocycles. The average Bonchev–Trinajstić information content (AvgIpc) is 2.04. The third kappa shape index (κ3) is 1.63. The fraction of sp³-hybridized carbons (Fsp3) is 0.250. The second-order valence-corrected chi connectivity index (χ2v) is 3.00. The van der Waals surface area contributed by atoms with Gasteiger partial charge in [0.1, 0.15) is 16.5 Å². The smallest absolute Gasteiger partial charge is 0.122 e. The fourth-order valence-corrected chi connectivity index (χ4v) is 1.03. The predicted molar refractivity (Wildman–Crippen MR) is 50.7 cm³/mol. The van der Waals surface area contributed by atoms with E-state index in [0.29, 0.717) is 10.2 Å². The Balaban J connectivity index is 3.22. The Morgan fingerprint density at radius 3 is 2.58 bits per heavy atom. The summed E-state index contributed by atoms with van der Waals surface area (Å²) in [5.74, 6) is 0.902. The largest absolute Gasteiger partial charge is 0.364 e. The number of H-pyrrole nitrogens is 1. The summed E-state index contributed by atoms with van der Waals surface area (Å²) in [6.07, 6.45) is 0. The van der Waals surface area contributed by atoms with Gasteiger partial charge >= 0.3 is 0 Å². The molecule has 0 saturated heterocycles. The third-order valence-corrected chi connectivity index (χ3v) is 1.82. The summed E-state index contributed by atoms with van der Waals surface area (Å²) in [5.41, 5.74) is 0.510. The molecule has 1 aromatic rings. The molecule has 1 heterocycles. The van der Waals surface area contributed by atoms with Crippen molar-refractivity contribution < 1.29 is 0 Å². The Labute approximate surface area is 76.3 Å². The highest BCUT2D eigenvalue weighted by Crippen LogP contribution is 2.08. The van der Waals surface area contributed by atoms with Crippen LogP contribution < -0.4 is 4.90 Å². The van der Waals surface area contributed by atoms with Crippen molar-refractivity contribution in [3.05, 3.63) is 22.3 Å². The maximum Gasteiger partial charge on any atom is 0.122 e. The van der Waals surface area contributed by atoms with Crippen LogP contribution in [0.3, 0.4) is 0 Å². The van der Waals surface area contributed by atoms with E-state index in [1.165, 1.54) is 0 Å². The van der Waals surface area contributed by atoms with Crippen LogP contribution in [0.1, 0.15) is 5.56 Å². The van der Waals surface area contributed by atoms with Gasteiger partial charge in [-0.25, -0.2) is 0 Å². The van der Waals surface area contributed by atoms with E-state index in [2.05, 4.69) is 4.98 Å². The normalized spacial score (nSPS) is 9.08. The lowest BCUT2D eigenvalue weighted by molar-refractivity contribution is 1.06. The molecule has 0 fully saturated rings. The number of aromatic amines is 1. The maximum atomic E-state index is 8.60. The molecule has 1 rings (SSSR count). The average molecular weight is 179 g/mol. The molecule has 0 aliphatic rings. The Morgan fingerprint density at radius 2 is 2.17 bits per heavy atom. The van der Waals surface area contributed by atoms with Gasteiger partial charge in [-0.15, -0.1) is 0 Å². The van der Waals surface area contributed by atoms with Crippen molar-refractivity contribution in [3.63, 3.8) is 0 Å². The molecule has 0 aliphatic heterocycles. The van der Waals surface area contributed by atoms with Crippen LogP contribution >= 0.6 is 12.2 Å². The number of pyridine rings is 1. The molecule has 0 spiro atoms. The van der Waals surface area contributed by atoms with Crippen LogP contribution in [0.4, 0.5) is 5.82 Å². The summed E-state index contributed by atoms with van der Waals surface area (Å²) >= 11 is 4.95. The topological polar surface area (TPSA) is 42.8 Å². The van der Waals surface area contributed by atoms with E-state index in [0.717, 1.165) is 5.82 Å². The van der Waals surface area contributed by atoms with E-state index in [4.69, 9.17) is 17.5 Å². The first-order valence-electron chi connectivity index (χ1n) is 3.46. The molecular formula is C8H9N3S. The number of aromatic nitrogens is 1. The third-order valence-electron chi connectivity index (χ3n) is 1.50. The molecule has 12 heavy (non-hydrogen) atoms. The lowest BCUT2D eigenvalue weighted by atomic mass is 10.3. The Morgan fingerprint density at radius 1 is 1.50 bits per heavy atom. The lowest BCUT2D eigenvalue weighted by Crippen LogP contribution is -2.10. The predicted octanol–water partition coefficient (Wildman–Crippen LogP) is 1.68. The molecule has 62 valence electrons. The zero-order chi connectivity index (χ0) is 9.14. The van der Waals surface area contributed by atoms with Gasteiger partial charge in [-0.3, -0.25) is 0 Å². The van der Waals surface area contributed by atoms with Crippen LogP contribution in [0.2, 0.25) is 0 Å². The number of hydrogen-bond acceptors (Lipinski definition) is 3. The highest BCUT2D eigenvalue weighted by molar-refractivity contribution is 7.71. The summed E-state index contributed by atoms with van der Waals surface area (Å²) < 4.78 is 0.490. The van der Waals surface area contributed by atoms with Crippen LogP contribution in [0.25, 0.3) is 0 Å². The molecule has 0 radical (unpaired) electrons. The van der Waals surface area contributed by atoms with Gasteiger partial charge in [0.2, 0.25) is 0 Å². The molecule has 0 bridgehead atoms. The summed E-state index contributed by atoms with van der Waals surface area (Å²) in [6.45, 7) is 0. The van der Waals surface area contributed by atoms with Gasteiger partial charge in [0.25, 0.3) is 0 Å². The summed E-state index contributed by atoms with van der Waals surface area (Å²) in [6, 6.07) is 5.55. The van der Waals surface area contributed by atoms with E-state index in [-0.39, 0.29) is 0 Å². The molecule has 1 aromatic heterocycles. The lowest BCUT2D eigenvalue weighted by Gasteiger charge is -2.11. The van der Waals surface area contributed by atoms with Crippen LogP contribution in [0, 0.1) is 16.0 Å². The van der Waals surface area contributed by atoms with Crippen molar-refractivity contribution in [1.82, 2.24) is 4.98 Å². The minimum Gasteiger partial charge on any atom is -0.364 e. The molecule has 1 N–H and O–H groups in total. The van der Waals surface area contributed by atoms with Gasteiger partial charge in [-0.2, -0.15) is 5.26 Å². The summed E-state index contributed by atoms with van der Waals surface area (Å²) in [5, 5.41) is 8.60. The van der Waals surface area contributed by atoms with Gasteiger partial charge < -0.3 is 9.88 Å².